The van der Waals surface area contributed by atoms with Crippen molar-refractivity contribution in [1.82, 2.24) is 4.98 Å². The fourth-order valence-electron chi connectivity index (χ4n) is 1.92. The van der Waals surface area contributed by atoms with Gasteiger partial charge in [0.05, 0.1) is 20.9 Å². The lowest BCUT2D eigenvalue weighted by Crippen LogP contribution is -2.01. The van der Waals surface area contributed by atoms with Crippen molar-refractivity contribution in [2.75, 3.05) is 5.32 Å². The number of anilines is 1. The topological polar surface area (TPSA) is 24.9 Å². The SMILES string of the molecule is Fc1ccc(CNc2c(Cl)ccc3scnc23)c(Br)c1. The van der Waals surface area contributed by atoms with Gasteiger partial charge in [0.15, 0.2) is 0 Å². The van der Waals surface area contributed by atoms with E-state index in [-0.39, 0.29) is 5.82 Å². The Labute approximate surface area is 132 Å². The minimum Gasteiger partial charge on any atom is -0.378 e. The van der Waals surface area contributed by atoms with Crippen LogP contribution in [0.25, 0.3) is 10.2 Å². The highest BCUT2D eigenvalue weighted by Gasteiger charge is 2.09. The lowest BCUT2D eigenvalue weighted by atomic mass is 10.2. The van der Waals surface area contributed by atoms with Crippen LogP contribution in [-0.2, 0) is 6.54 Å². The molecule has 2 nitrogen and oxygen atoms in total. The smallest absolute Gasteiger partial charge is 0.124 e. The third-order valence-electron chi connectivity index (χ3n) is 2.92. The number of aromatic nitrogens is 1. The van der Waals surface area contributed by atoms with Gasteiger partial charge in [-0.25, -0.2) is 9.37 Å². The maximum Gasteiger partial charge on any atom is 0.124 e. The van der Waals surface area contributed by atoms with Gasteiger partial charge in [0.1, 0.15) is 11.3 Å². The molecule has 0 aliphatic rings. The van der Waals surface area contributed by atoms with E-state index in [1.807, 2.05) is 12.1 Å². The van der Waals surface area contributed by atoms with Gasteiger partial charge >= 0.3 is 0 Å². The van der Waals surface area contributed by atoms with E-state index in [4.69, 9.17) is 11.6 Å². The summed E-state index contributed by atoms with van der Waals surface area (Å²) in [5.74, 6) is -0.264. The monoisotopic (exact) mass is 370 g/mol. The lowest BCUT2D eigenvalue weighted by molar-refractivity contribution is 0.626. The number of hydrogen-bond donors (Lipinski definition) is 1. The second-order valence-corrected chi connectivity index (χ2v) is 6.36. The summed E-state index contributed by atoms with van der Waals surface area (Å²) >= 11 is 11.1. The first-order chi connectivity index (χ1) is 9.65. The first-order valence-corrected chi connectivity index (χ1v) is 7.90. The molecule has 0 aliphatic carbocycles. The number of nitrogens with zero attached hydrogens (tertiary/aromatic N) is 1. The minimum absolute atomic E-state index is 0.264. The van der Waals surface area contributed by atoms with Crippen molar-refractivity contribution in [2.24, 2.45) is 0 Å². The van der Waals surface area contributed by atoms with Crippen LogP contribution in [0.1, 0.15) is 5.56 Å². The molecule has 102 valence electrons. The molecule has 0 spiro atoms. The summed E-state index contributed by atoms with van der Waals surface area (Å²) < 4.78 is 14.9. The number of rotatable bonds is 3. The Balaban J connectivity index is 1.90. The summed E-state index contributed by atoms with van der Waals surface area (Å²) in [7, 11) is 0. The first-order valence-electron chi connectivity index (χ1n) is 5.84. The number of nitrogens with one attached hydrogen (secondary N) is 1. The fourth-order valence-corrected chi connectivity index (χ4v) is 3.32. The van der Waals surface area contributed by atoms with Gasteiger partial charge in [0.25, 0.3) is 0 Å². The van der Waals surface area contributed by atoms with Gasteiger partial charge in [-0.1, -0.05) is 33.6 Å². The Morgan fingerprint density at radius 3 is 2.95 bits per heavy atom. The summed E-state index contributed by atoms with van der Waals surface area (Å²) in [5, 5.41) is 3.90. The highest BCUT2D eigenvalue weighted by molar-refractivity contribution is 9.10. The Kier molecular flexibility index (Phi) is 3.92. The van der Waals surface area contributed by atoms with Crippen molar-refractivity contribution in [3.63, 3.8) is 0 Å². The molecule has 6 heteroatoms. The molecule has 0 radical (unpaired) electrons. The molecule has 2 aromatic carbocycles. The van der Waals surface area contributed by atoms with Crippen LogP contribution in [0.5, 0.6) is 0 Å². The van der Waals surface area contributed by atoms with Gasteiger partial charge in [-0.15, -0.1) is 11.3 Å². The molecular formula is C14H9BrClFN2S. The molecule has 0 bridgehead atoms. The van der Waals surface area contributed by atoms with Crippen molar-refractivity contribution in [2.45, 2.75) is 6.54 Å². The van der Waals surface area contributed by atoms with Gasteiger partial charge in [-0.2, -0.15) is 0 Å². The van der Waals surface area contributed by atoms with Crippen LogP contribution >= 0.6 is 38.9 Å². The van der Waals surface area contributed by atoms with E-state index in [2.05, 4.69) is 26.2 Å². The van der Waals surface area contributed by atoms with Crippen LogP contribution in [0.15, 0.2) is 40.3 Å². The zero-order chi connectivity index (χ0) is 14.1. The lowest BCUT2D eigenvalue weighted by Gasteiger charge is -2.10. The zero-order valence-corrected chi connectivity index (χ0v) is 13.3. The molecular weight excluding hydrogens is 363 g/mol. The van der Waals surface area contributed by atoms with Crippen LogP contribution in [0, 0.1) is 5.82 Å². The molecule has 0 fully saturated rings. The van der Waals surface area contributed by atoms with E-state index in [0.717, 1.165) is 25.9 Å². The molecule has 1 aromatic heterocycles. The van der Waals surface area contributed by atoms with Gasteiger partial charge in [0, 0.05) is 11.0 Å². The summed E-state index contributed by atoms with van der Waals surface area (Å²) in [6, 6.07) is 8.43. The Bertz CT molecular complexity index is 775. The quantitative estimate of drug-likeness (QED) is 0.661. The van der Waals surface area contributed by atoms with Crippen LogP contribution in [0.3, 0.4) is 0 Å². The summed E-state index contributed by atoms with van der Waals surface area (Å²) in [6.07, 6.45) is 0. The van der Waals surface area contributed by atoms with Gasteiger partial charge in [-0.05, 0) is 29.8 Å². The maximum absolute atomic E-state index is 13.1. The summed E-state index contributed by atoms with van der Waals surface area (Å²) in [5.41, 5.74) is 4.41. The van der Waals surface area contributed by atoms with Crippen molar-refractivity contribution >= 4 is 54.8 Å². The molecule has 3 rings (SSSR count). The fraction of sp³-hybridized carbons (Fsp3) is 0.0714. The Morgan fingerprint density at radius 1 is 1.30 bits per heavy atom. The van der Waals surface area contributed by atoms with Crippen molar-refractivity contribution in [1.29, 1.82) is 0 Å². The predicted molar refractivity (Wildman–Crippen MR) is 86.1 cm³/mol. The van der Waals surface area contributed by atoms with Gasteiger partial charge in [0.2, 0.25) is 0 Å². The van der Waals surface area contributed by atoms with Crippen LogP contribution in [0.4, 0.5) is 10.1 Å². The normalized spacial score (nSPS) is 10.9. The molecule has 1 heterocycles. The average Bonchev–Trinajstić information content (AvgIpc) is 2.88. The molecule has 1 N–H and O–H groups in total. The van der Waals surface area contributed by atoms with Crippen molar-refractivity contribution < 1.29 is 4.39 Å². The van der Waals surface area contributed by atoms with E-state index in [0.29, 0.717) is 11.6 Å². The Morgan fingerprint density at radius 2 is 2.15 bits per heavy atom. The highest BCUT2D eigenvalue weighted by Crippen LogP contribution is 2.33. The van der Waals surface area contributed by atoms with E-state index in [1.165, 1.54) is 12.1 Å². The third-order valence-corrected chi connectivity index (χ3v) is 4.77. The largest absolute Gasteiger partial charge is 0.378 e. The minimum atomic E-state index is -0.264. The van der Waals surface area contributed by atoms with E-state index in [1.54, 1.807) is 22.9 Å². The molecule has 0 aliphatic heterocycles. The standard InChI is InChI=1S/C14H9BrClFN2S/c15-10-5-9(17)2-1-8(10)6-18-13-11(16)3-4-12-14(13)19-7-20-12/h1-5,7,18H,6H2. The van der Waals surface area contributed by atoms with E-state index < -0.39 is 0 Å². The van der Waals surface area contributed by atoms with Crippen LogP contribution in [-0.4, -0.2) is 4.98 Å². The molecule has 20 heavy (non-hydrogen) atoms. The maximum atomic E-state index is 13.1. The van der Waals surface area contributed by atoms with Crippen LogP contribution in [0.2, 0.25) is 5.02 Å². The highest BCUT2D eigenvalue weighted by atomic mass is 79.9. The molecule has 0 saturated carbocycles. The Hall–Kier alpha value is -1.17. The number of fused-ring (bicyclic) bond motifs is 1. The second kappa shape index (κ2) is 5.68. The first kappa shape index (κ1) is 13.8. The van der Waals surface area contributed by atoms with E-state index >= 15 is 0 Å². The second-order valence-electron chi connectivity index (χ2n) is 4.21. The molecule has 3 aromatic rings. The van der Waals surface area contributed by atoms with Crippen molar-refractivity contribution in [3.05, 3.63) is 56.7 Å². The van der Waals surface area contributed by atoms with Crippen molar-refractivity contribution in [3.8, 4) is 0 Å². The number of thiazole rings is 1. The van der Waals surface area contributed by atoms with Gasteiger partial charge < -0.3 is 5.32 Å². The summed E-state index contributed by atoms with van der Waals surface area (Å²) in [4.78, 5) is 4.33. The molecule has 0 saturated heterocycles. The molecule has 0 unspecified atom stereocenters. The van der Waals surface area contributed by atoms with E-state index in [9.17, 15) is 4.39 Å². The average molecular weight is 372 g/mol. The molecule has 0 amide bonds. The van der Waals surface area contributed by atoms with Crippen LogP contribution < -0.4 is 5.32 Å². The number of halogens is 3. The van der Waals surface area contributed by atoms with Gasteiger partial charge in [-0.3, -0.25) is 0 Å². The predicted octanol–water partition coefficient (Wildman–Crippen LogP) is 5.46. The number of hydrogen-bond acceptors (Lipinski definition) is 3. The number of benzene rings is 2. The molecule has 0 atom stereocenters. The third kappa shape index (κ3) is 2.66. The zero-order valence-electron chi connectivity index (χ0n) is 10.2. The summed E-state index contributed by atoms with van der Waals surface area (Å²) in [6.45, 7) is 0.539.